The van der Waals surface area contributed by atoms with Crippen molar-refractivity contribution in [2.75, 3.05) is 0 Å². The lowest BCUT2D eigenvalue weighted by atomic mass is 10.0. The Hall–Kier alpha value is -3.73. The molecule has 1 amide bonds. The fourth-order valence-electron chi connectivity index (χ4n) is 3.13. The largest absolute Gasteiger partial charge is 0.455 e. The number of carbonyl (C=O) groups excluding carboxylic acids is 1. The summed E-state index contributed by atoms with van der Waals surface area (Å²) in [5.41, 5.74) is 2.75. The maximum absolute atomic E-state index is 12.9. The smallest absolute Gasteiger partial charge is 0.255 e. The molecule has 2 aromatic carbocycles. The zero-order valence-corrected chi connectivity index (χ0v) is 15.3. The van der Waals surface area contributed by atoms with E-state index in [1.54, 1.807) is 37.5 Å². The second-order valence-corrected chi connectivity index (χ2v) is 6.47. The molecule has 138 valence electrons. The zero-order chi connectivity index (χ0) is 19.5. The topological polar surface area (TPSA) is 72.2 Å². The van der Waals surface area contributed by atoms with Crippen molar-refractivity contribution >= 4 is 16.9 Å². The van der Waals surface area contributed by atoms with Crippen LogP contribution in [0.5, 0.6) is 0 Å². The molecule has 0 aliphatic rings. The van der Waals surface area contributed by atoms with Crippen LogP contribution in [0, 0.1) is 6.92 Å². The van der Waals surface area contributed by atoms with Gasteiger partial charge < -0.3 is 9.73 Å². The minimum atomic E-state index is -0.298. The van der Waals surface area contributed by atoms with Gasteiger partial charge in [0.15, 0.2) is 11.0 Å². The molecule has 1 N–H and O–H groups in total. The Morgan fingerprint density at radius 1 is 1.00 bits per heavy atom. The van der Waals surface area contributed by atoms with Gasteiger partial charge >= 0.3 is 0 Å². The molecule has 0 aliphatic heterocycles. The summed E-state index contributed by atoms with van der Waals surface area (Å²) in [5.74, 6) is 0.181. The van der Waals surface area contributed by atoms with Crippen LogP contribution in [0.2, 0.25) is 0 Å². The number of hydrogen-bond donors (Lipinski definition) is 1. The van der Waals surface area contributed by atoms with Crippen LogP contribution >= 0.6 is 0 Å². The van der Waals surface area contributed by atoms with Gasteiger partial charge in [-0.3, -0.25) is 14.6 Å². The molecule has 0 unspecified atom stereocenters. The van der Waals surface area contributed by atoms with Crippen LogP contribution in [-0.2, 0) is 6.54 Å². The standard InChI is InChI=1S/C23H18N2O3/c1-15-20(26)18-8-5-9-19(23(27)25-14-16-10-12-24-13-11-16)22(18)28-21(15)17-6-3-2-4-7-17/h2-13H,14H2,1H3,(H,25,27). The summed E-state index contributed by atoms with van der Waals surface area (Å²) in [6.45, 7) is 2.10. The average molecular weight is 370 g/mol. The van der Waals surface area contributed by atoms with Crippen molar-refractivity contribution in [3.05, 3.63) is 100.0 Å². The molecule has 2 heterocycles. The summed E-state index contributed by atoms with van der Waals surface area (Å²) >= 11 is 0. The second kappa shape index (κ2) is 7.48. The monoisotopic (exact) mass is 370 g/mol. The molecule has 28 heavy (non-hydrogen) atoms. The number of aromatic nitrogens is 1. The highest BCUT2D eigenvalue weighted by molar-refractivity contribution is 6.05. The fraction of sp³-hybridized carbons (Fsp3) is 0.0870. The normalized spacial score (nSPS) is 10.8. The molecule has 4 aromatic rings. The summed E-state index contributed by atoms with van der Waals surface area (Å²) in [4.78, 5) is 29.6. The van der Waals surface area contributed by atoms with Crippen molar-refractivity contribution in [2.45, 2.75) is 13.5 Å². The van der Waals surface area contributed by atoms with Crippen molar-refractivity contribution < 1.29 is 9.21 Å². The van der Waals surface area contributed by atoms with E-state index in [9.17, 15) is 9.59 Å². The van der Waals surface area contributed by atoms with E-state index in [1.807, 2.05) is 42.5 Å². The molecule has 0 spiro atoms. The Morgan fingerprint density at radius 3 is 2.50 bits per heavy atom. The Labute approximate surface area is 161 Å². The molecule has 4 rings (SSSR count). The Kier molecular flexibility index (Phi) is 4.72. The summed E-state index contributed by atoms with van der Waals surface area (Å²) in [7, 11) is 0. The molecule has 2 aromatic heterocycles. The van der Waals surface area contributed by atoms with E-state index in [0.29, 0.717) is 34.4 Å². The van der Waals surface area contributed by atoms with Crippen LogP contribution in [0.25, 0.3) is 22.3 Å². The number of nitrogens with zero attached hydrogens (tertiary/aromatic N) is 1. The molecule has 0 radical (unpaired) electrons. The molecule has 0 saturated carbocycles. The number of fused-ring (bicyclic) bond motifs is 1. The van der Waals surface area contributed by atoms with Crippen molar-refractivity contribution in [1.29, 1.82) is 0 Å². The van der Waals surface area contributed by atoms with Crippen LogP contribution in [0.3, 0.4) is 0 Å². The number of rotatable bonds is 4. The van der Waals surface area contributed by atoms with Gasteiger partial charge in [-0.2, -0.15) is 0 Å². The molecule has 0 fully saturated rings. The minimum Gasteiger partial charge on any atom is -0.455 e. The summed E-state index contributed by atoms with van der Waals surface area (Å²) in [5, 5.41) is 3.27. The molecule has 5 heteroatoms. The molecular weight excluding hydrogens is 352 g/mol. The van der Waals surface area contributed by atoms with Crippen LogP contribution in [0.4, 0.5) is 0 Å². The van der Waals surface area contributed by atoms with E-state index in [1.165, 1.54) is 0 Å². The van der Waals surface area contributed by atoms with E-state index in [0.717, 1.165) is 11.1 Å². The van der Waals surface area contributed by atoms with E-state index in [2.05, 4.69) is 10.3 Å². The van der Waals surface area contributed by atoms with Crippen molar-refractivity contribution in [2.24, 2.45) is 0 Å². The highest BCUT2D eigenvalue weighted by Gasteiger charge is 2.18. The maximum atomic E-state index is 12.9. The predicted molar refractivity (Wildman–Crippen MR) is 108 cm³/mol. The van der Waals surface area contributed by atoms with Gasteiger partial charge in [-0.05, 0) is 36.8 Å². The van der Waals surface area contributed by atoms with Gasteiger partial charge in [0.25, 0.3) is 5.91 Å². The molecule has 0 atom stereocenters. The third-order valence-corrected chi connectivity index (χ3v) is 4.63. The first-order chi connectivity index (χ1) is 13.6. The average Bonchev–Trinajstić information content (AvgIpc) is 2.75. The number of benzene rings is 2. The number of pyridine rings is 1. The van der Waals surface area contributed by atoms with Gasteiger partial charge in [0, 0.05) is 30.1 Å². The Balaban J connectivity index is 1.78. The van der Waals surface area contributed by atoms with Crippen LogP contribution in [0.15, 0.2) is 82.3 Å². The van der Waals surface area contributed by atoms with Crippen LogP contribution in [-0.4, -0.2) is 10.9 Å². The number of hydrogen-bond acceptors (Lipinski definition) is 4. The van der Waals surface area contributed by atoms with E-state index < -0.39 is 0 Å². The SMILES string of the molecule is Cc1c(-c2ccccc2)oc2c(C(=O)NCc3ccncc3)cccc2c1=O. The van der Waals surface area contributed by atoms with E-state index >= 15 is 0 Å². The quantitative estimate of drug-likeness (QED) is 0.587. The molecular formula is C23H18N2O3. The van der Waals surface area contributed by atoms with Gasteiger partial charge in [0.2, 0.25) is 0 Å². The predicted octanol–water partition coefficient (Wildman–Crippen LogP) is 4.09. The second-order valence-electron chi connectivity index (χ2n) is 6.47. The zero-order valence-electron chi connectivity index (χ0n) is 15.3. The number of amides is 1. The summed E-state index contributed by atoms with van der Waals surface area (Å²) < 4.78 is 6.09. The Bertz CT molecular complexity index is 1200. The number of carbonyl (C=O) groups is 1. The first-order valence-corrected chi connectivity index (χ1v) is 8.94. The molecule has 5 nitrogen and oxygen atoms in total. The van der Waals surface area contributed by atoms with Crippen LogP contribution in [0.1, 0.15) is 21.5 Å². The highest BCUT2D eigenvalue weighted by atomic mass is 16.3. The van der Waals surface area contributed by atoms with E-state index in [4.69, 9.17) is 4.42 Å². The van der Waals surface area contributed by atoms with Crippen LogP contribution < -0.4 is 10.7 Å². The molecule has 0 saturated heterocycles. The third-order valence-electron chi connectivity index (χ3n) is 4.63. The summed E-state index contributed by atoms with van der Waals surface area (Å²) in [6.07, 6.45) is 3.35. The van der Waals surface area contributed by atoms with Gasteiger partial charge in [-0.15, -0.1) is 0 Å². The van der Waals surface area contributed by atoms with Crippen molar-refractivity contribution in [3.8, 4) is 11.3 Å². The maximum Gasteiger partial charge on any atom is 0.255 e. The molecule has 0 aliphatic carbocycles. The van der Waals surface area contributed by atoms with Gasteiger partial charge in [0.1, 0.15) is 5.76 Å². The lowest BCUT2D eigenvalue weighted by Crippen LogP contribution is -2.23. The van der Waals surface area contributed by atoms with Gasteiger partial charge in [-0.1, -0.05) is 36.4 Å². The number of para-hydroxylation sites is 1. The highest BCUT2D eigenvalue weighted by Crippen LogP contribution is 2.27. The number of nitrogens with one attached hydrogen (secondary N) is 1. The first-order valence-electron chi connectivity index (χ1n) is 8.94. The first kappa shape index (κ1) is 17.7. The fourth-order valence-corrected chi connectivity index (χ4v) is 3.13. The molecule has 0 bridgehead atoms. The lowest BCUT2D eigenvalue weighted by molar-refractivity contribution is 0.0951. The summed E-state index contributed by atoms with van der Waals surface area (Å²) in [6, 6.07) is 18.1. The van der Waals surface area contributed by atoms with E-state index in [-0.39, 0.29) is 11.3 Å². The lowest BCUT2D eigenvalue weighted by Gasteiger charge is -2.11. The van der Waals surface area contributed by atoms with Crippen molar-refractivity contribution in [3.63, 3.8) is 0 Å². The van der Waals surface area contributed by atoms with Gasteiger partial charge in [-0.25, -0.2) is 0 Å². The third kappa shape index (κ3) is 3.30. The minimum absolute atomic E-state index is 0.135. The Morgan fingerprint density at radius 2 is 1.75 bits per heavy atom. The van der Waals surface area contributed by atoms with Crippen molar-refractivity contribution in [1.82, 2.24) is 10.3 Å². The van der Waals surface area contributed by atoms with Gasteiger partial charge in [0.05, 0.1) is 10.9 Å².